The first-order chi connectivity index (χ1) is 6.59. The summed E-state index contributed by atoms with van der Waals surface area (Å²) in [5.41, 5.74) is 0.229. The number of aromatic carboxylic acids is 1. The Morgan fingerprint density at radius 3 is 2.71 bits per heavy atom. The lowest BCUT2D eigenvalue weighted by atomic mass is 10.1. The van der Waals surface area contributed by atoms with Crippen LogP contribution < -0.4 is 0 Å². The first kappa shape index (κ1) is 9.77. The number of hydrogen-bond acceptors (Lipinski definition) is 2. The lowest BCUT2D eigenvalue weighted by Gasteiger charge is -1.97. The summed E-state index contributed by atoms with van der Waals surface area (Å²) in [5, 5.41) is 10.0. The van der Waals surface area contributed by atoms with Crippen LogP contribution in [-0.4, -0.2) is 11.1 Å². The van der Waals surface area contributed by atoms with Gasteiger partial charge < -0.3 is 5.11 Å². The van der Waals surface area contributed by atoms with Gasteiger partial charge in [0.2, 0.25) is 0 Å². The molecule has 0 fully saturated rings. The number of carboxylic acid groups (broad SMARTS) is 1. The molecule has 0 radical (unpaired) electrons. The fourth-order valence-corrected chi connectivity index (χ4v) is 2.68. The van der Waals surface area contributed by atoms with Crippen LogP contribution in [0.5, 0.6) is 0 Å². The van der Waals surface area contributed by atoms with Crippen LogP contribution in [0.2, 0.25) is 9.36 Å². The molecule has 14 heavy (non-hydrogen) atoms. The Morgan fingerprint density at radius 2 is 2.07 bits per heavy atom. The maximum Gasteiger partial charge on any atom is 0.336 e. The van der Waals surface area contributed by atoms with Gasteiger partial charge in [-0.05, 0) is 18.2 Å². The van der Waals surface area contributed by atoms with Crippen LogP contribution in [0.15, 0.2) is 18.2 Å². The zero-order valence-electron chi connectivity index (χ0n) is 6.75. The number of carboxylic acids is 1. The molecule has 0 saturated carbocycles. The van der Waals surface area contributed by atoms with E-state index in [-0.39, 0.29) is 5.56 Å². The molecule has 1 aromatic heterocycles. The highest BCUT2D eigenvalue weighted by Crippen LogP contribution is 2.36. The SMILES string of the molecule is O=C(O)c1ccc(Cl)c2sc(Cl)cc12. The fraction of sp³-hybridized carbons (Fsp3) is 0. The summed E-state index contributed by atoms with van der Waals surface area (Å²) >= 11 is 13.0. The molecule has 0 bridgehead atoms. The van der Waals surface area contributed by atoms with E-state index in [9.17, 15) is 4.79 Å². The van der Waals surface area contributed by atoms with Crippen molar-refractivity contribution >= 4 is 50.6 Å². The molecule has 5 heteroatoms. The maximum atomic E-state index is 10.9. The van der Waals surface area contributed by atoms with Gasteiger partial charge in [-0.2, -0.15) is 0 Å². The van der Waals surface area contributed by atoms with Gasteiger partial charge in [0.05, 0.1) is 19.6 Å². The van der Waals surface area contributed by atoms with Crippen LogP contribution in [0.4, 0.5) is 0 Å². The van der Waals surface area contributed by atoms with Crippen LogP contribution in [0.25, 0.3) is 10.1 Å². The minimum Gasteiger partial charge on any atom is -0.478 e. The number of benzene rings is 1. The minimum absolute atomic E-state index is 0.229. The Morgan fingerprint density at radius 1 is 1.36 bits per heavy atom. The molecule has 72 valence electrons. The number of halogens is 2. The predicted octanol–water partition coefficient (Wildman–Crippen LogP) is 3.91. The Kier molecular flexibility index (Phi) is 2.39. The second-order valence-electron chi connectivity index (χ2n) is 2.69. The standard InChI is InChI=1S/C9H4Cl2O2S/c10-6-2-1-4(9(12)13)5-3-7(11)14-8(5)6/h1-3H,(H,12,13). The number of fused-ring (bicyclic) bond motifs is 1. The fourth-order valence-electron chi connectivity index (χ4n) is 1.25. The Balaban J connectivity index is 2.87. The summed E-state index contributed by atoms with van der Waals surface area (Å²) in [4.78, 5) is 10.9. The largest absolute Gasteiger partial charge is 0.478 e. The summed E-state index contributed by atoms with van der Waals surface area (Å²) in [6.45, 7) is 0. The predicted molar refractivity (Wildman–Crippen MR) is 58.8 cm³/mol. The van der Waals surface area contributed by atoms with Gasteiger partial charge in [-0.25, -0.2) is 4.79 Å². The first-order valence-corrected chi connectivity index (χ1v) is 5.27. The Bertz CT molecular complexity index is 519. The van der Waals surface area contributed by atoms with Gasteiger partial charge in [0.1, 0.15) is 0 Å². The van der Waals surface area contributed by atoms with Crippen molar-refractivity contribution in [1.29, 1.82) is 0 Å². The summed E-state index contributed by atoms with van der Waals surface area (Å²) in [7, 11) is 0. The Labute approximate surface area is 93.7 Å². The van der Waals surface area contributed by atoms with Gasteiger partial charge >= 0.3 is 5.97 Å². The summed E-state index contributed by atoms with van der Waals surface area (Å²) in [5.74, 6) is -0.971. The van der Waals surface area contributed by atoms with E-state index in [1.165, 1.54) is 17.4 Å². The zero-order chi connectivity index (χ0) is 10.3. The van der Waals surface area contributed by atoms with Gasteiger partial charge in [-0.1, -0.05) is 23.2 Å². The average Bonchev–Trinajstić information content (AvgIpc) is 2.47. The molecule has 2 rings (SSSR count). The third-order valence-corrected chi connectivity index (χ3v) is 3.56. The molecule has 2 aromatic rings. The molecule has 0 aliphatic rings. The van der Waals surface area contributed by atoms with E-state index >= 15 is 0 Å². The highest BCUT2D eigenvalue weighted by Gasteiger charge is 2.13. The van der Waals surface area contributed by atoms with Crippen molar-refractivity contribution in [3.8, 4) is 0 Å². The Hall–Kier alpha value is -0.770. The third-order valence-electron chi connectivity index (χ3n) is 1.84. The van der Waals surface area contributed by atoms with Gasteiger partial charge in [-0.3, -0.25) is 0 Å². The monoisotopic (exact) mass is 246 g/mol. The molecule has 1 heterocycles. The normalized spacial score (nSPS) is 10.7. The molecule has 0 saturated heterocycles. The second kappa shape index (κ2) is 3.42. The van der Waals surface area contributed by atoms with Crippen molar-refractivity contribution in [2.75, 3.05) is 0 Å². The second-order valence-corrected chi connectivity index (χ2v) is 4.78. The van der Waals surface area contributed by atoms with Crippen LogP contribution in [0.1, 0.15) is 10.4 Å². The van der Waals surface area contributed by atoms with Crippen molar-refractivity contribution in [1.82, 2.24) is 0 Å². The first-order valence-electron chi connectivity index (χ1n) is 3.70. The maximum absolute atomic E-state index is 10.9. The number of rotatable bonds is 1. The van der Waals surface area contributed by atoms with Crippen molar-refractivity contribution in [2.45, 2.75) is 0 Å². The molecule has 0 aliphatic carbocycles. The van der Waals surface area contributed by atoms with Gasteiger partial charge in [-0.15, -0.1) is 11.3 Å². The van der Waals surface area contributed by atoms with Gasteiger partial charge in [0.25, 0.3) is 0 Å². The summed E-state index contributed by atoms with van der Waals surface area (Å²) in [6.07, 6.45) is 0. The smallest absolute Gasteiger partial charge is 0.336 e. The van der Waals surface area contributed by atoms with Crippen LogP contribution in [0, 0.1) is 0 Å². The van der Waals surface area contributed by atoms with E-state index in [4.69, 9.17) is 28.3 Å². The van der Waals surface area contributed by atoms with Gasteiger partial charge in [0, 0.05) is 5.39 Å². The topological polar surface area (TPSA) is 37.3 Å². The number of hydrogen-bond donors (Lipinski definition) is 1. The van der Waals surface area contributed by atoms with Crippen molar-refractivity contribution in [2.24, 2.45) is 0 Å². The lowest BCUT2D eigenvalue weighted by molar-refractivity contribution is 0.0699. The van der Waals surface area contributed by atoms with Crippen molar-refractivity contribution in [3.05, 3.63) is 33.1 Å². The van der Waals surface area contributed by atoms with E-state index in [1.54, 1.807) is 12.1 Å². The van der Waals surface area contributed by atoms with Crippen LogP contribution >= 0.6 is 34.5 Å². The molecule has 0 spiro atoms. The molecule has 0 amide bonds. The van der Waals surface area contributed by atoms with E-state index in [0.29, 0.717) is 14.7 Å². The molecular weight excluding hydrogens is 243 g/mol. The third kappa shape index (κ3) is 1.47. The molecular formula is C9H4Cl2O2S. The number of thiophene rings is 1. The molecule has 1 aromatic carbocycles. The van der Waals surface area contributed by atoms with Crippen molar-refractivity contribution in [3.63, 3.8) is 0 Å². The van der Waals surface area contributed by atoms with Gasteiger partial charge in [0.15, 0.2) is 0 Å². The van der Waals surface area contributed by atoms with E-state index < -0.39 is 5.97 Å². The van der Waals surface area contributed by atoms with E-state index in [1.807, 2.05) is 0 Å². The van der Waals surface area contributed by atoms with Crippen LogP contribution in [-0.2, 0) is 0 Å². The van der Waals surface area contributed by atoms with Crippen molar-refractivity contribution < 1.29 is 9.90 Å². The molecule has 2 nitrogen and oxygen atoms in total. The zero-order valence-corrected chi connectivity index (χ0v) is 9.08. The lowest BCUT2D eigenvalue weighted by Crippen LogP contribution is -1.95. The summed E-state index contributed by atoms with van der Waals surface area (Å²) < 4.78 is 1.26. The van der Waals surface area contributed by atoms with E-state index in [0.717, 1.165) is 4.70 Å². The minimum atomic E-state index is -0.971. The molecule has 0 unspecified atom stereocenters. The quantitative estimate of drug-likeness (QED) is 0.829. The summed E-state index contributed by atoms with van der Waals surface area (Å²) in [6, 6.07) is 4.67. The average molecular weight is 247 g/mol. The van der Waals surface area contributed by atoms with Crippen LogP contribution in [0.3, 0.4) is 0 Å². The molecule has 0 atom stereocenters. The molecule has 0 aliphatic heterocycles. The highest BCUT2D eigenvalue weighted by atomic mass is 35.5. The molecule has 1 N–H and O–H groups in total. The van der Waals surface area contributed by atoms with E-state index in [2.05, 4.69) is 0 Å². The highest BCUT2D eigenvalue weighted by molar-refractivity contribution is 7.23. The number of carbonyl (C=O) groups is 1.